The fraction of sp³-hybridized carbons (Fsp3) is 0.167. The van der Waals surface area contributed by atoms with Gasteiger partial charge in [-0.25, -0.2) is 0 Å². The largest absolute Gasteiger partial charge is 0.673 e. The zero-order valence-corrected chi connectivity index (χ0v) is 8.56. The average Bonchev–Trinajstić information content (AvgIpc) is 2.01. The van der Waals surface area contributed by atoms with E-state index in [0.717, 1.165) is 0 Å². The predicted molar refractivity (Wildman–Crippen MR) is 51.5 cm³/mol. The van der Waals surface area contributed by atoms with Crippen molar-refractivity contribution in [3.63, 3.8) is 0 Å². The van der Waals surface area contributed by atoms with E-state index in [-0.39, 0.29) is 0 Å². The third-order valence-corrected chi connectivity index (χ3v) is 1.81. The van der Waals surface area contributed by atoms with Crippen molar-refractivity contribution in [1.29, 1.82) is 0 Å². The zero-order chi connectivity index (χ0) is 12.1. The fourth-order valence-corrected chi connectivity index (χ4v) is 1.18. The van der Waals surface area contributed by atoms with Crippen molar-refractivity contribution in [2.45, 2.75) is 5.38 Å². The van der Waals surface area contributed by atoms with Gasteiger partial charge in [0.1, 0.15) is 5.03 Å². The Morgan fingerprint density at radius 1 is 1.33 bits per heavy atom. The molecule has 0 bridgehead atoms. The molecule has 2 nitrogen and oxygen atoms in total. The Kier molecular flexibility index (Phi) is 5.64. The summed E-state index contributed by atoms with van der Waals surface area (Å²) in [7, 11) is -6.00. The minimum atomic E-state index is -6.00. The molecule has 0 aliphatic heterocycles. The van der Waals surface area contributed by atoms with Gasteiger partial charge in [-0.3, -0.25) is 0 Å². The summed E-state index contributed by atoms with van der Waals surface area (Å²) in [6.07, 6.45) is 5.02. The summed E-state index contributed by atoms with van der Waals surface area (Å²) in [4.78, 5) is 2.94. The summed E-state index contributed by atoms with van der Waals surface area (Å²) in [5.41, 5.74) is 8.67. The maximum absolute atomic E-state index is 9.75. The van der Waals surface area contributed by atoms with Crippen molar-refractivity contribution in [2.75, 3.05) is 0 Å². The summed E-state index contributed by atoms with van der Waals surface area (Å²) in [5.74, 6) is 0. The number of hydrogen-bond donors (Lipinski definition) is 0. The lowest BCUT2D eigenvalue weighted by Gasteiger charge is -2.00. The highest BCUT2D eigenvalue weighted by Gasteiger charge is 2.23. The highest BCUT2D eigenvalue weighted by molar-refractivity contribution is 6.50. The lowest BCUT2D eigenvalue weighted by atomic mass is 10.1. The molecule has 84 valence electrons. The topological polar surface area (TPSA) is 36.4 Å². The van der Waals surface area contributed by atoms with Gasteiger partial charge < -0.3 is 22.8 Å². The van der Waals surface area contributed by atoms with E-state index in [2.05, 4.69) is 4.79 Å². The SMILES string of the molecule is F[B-](F)(F)F.[N-]=[N+]=C1C(Cl)=CC=CC1Cl. The molecule has 9 heteroatoms. The molecular formula is C6H4BCl2F4N2-. The number of nitrogens with zero attached hydrogens (tertiary/aromatic N) is 2. The molecule has 0 spiro atoms. The summed E-state index contributed by atoms with van der Waals surface area (Å²) in [6, 6.07) is 0. The van der Waals surface area contributed by atoms with Crippen LogP contribution < -0.4 is 0 Å². The second-order valence-electron chi connectivity index (χ2n) is 2.28. The monoisotopic (exact) mass is 261 g/mol. The first-order valence-corrected chi connectivity index (χ1v) is 4.35. The summed E-state index contributed by atoms with van der Waals surface area (Å²) >= 11 is 11.3. The van der Waals surface area contributed by atoms with E-state index in [1.807, 2.05) is 0 Å². The Balaban J connectivity index is 0.000000336. The molecule has 0 saturated carbocycles. The van der Waals surface area contributed by atoms with Gasteiger partial charge in [0.05, 0.1) is 0 Å². The van der Waals surface area contributed by atoms with E-state index < -0.39 is 12.6 Å². The highest BCUT2D eigenvalue weighted by atomic mass is 35.5. The third kappa shape index (κ3) is 7.19. The van der Waals surface area contributed by atoms with E-state index in [9.17, 15) is 17.3 Å². The van der Waals surface area contributed by atoms with Crippen LogP contribution in [0.25, 0.3) is 5.53 Å². The molecule has 1 aliphatic rings. The Morgan fingerprint density at radius 3 is 2.07 bits per heavy atom. The first kappa shape index (κ1) is 14.2. The Hall–Kier alpha value is -0.775. The van der Waals surface area contributed by atoms with Crippen LogP contribution in [0.2, 0.25) is 0 Å². The molecule has 0 N–H and O–H groups in total. The van der Waals surface area contributed by atoms with Crippen LogP contribution in [0.3, 0.4) is 0 Å². The van der Waals surface area contributed by atoms with Crippen molar-refractivity contribution in [2.24, 2.45) is 0 Å². The Bertz CT molecular complexity index is 327. The smallest absolute Gasteiger partial charge is 0.418 e. The molecule has 1 unspecified atom stereocenters. The van der Waals surface area contributed by atoms with Crippen molar-refractivity contribution in [1.82, 2.24) is 0 Å². The molecule has 0 heterocycles. The van der Waals surface area contributed by atoms with Crippen LogP contribution in [-0.2, 0) is 0 Å². The minimum Gasteiger partial charge on any atom is -0.418 e. The molecule has 1 atom stereocenters. The van der Waals surface area contributed by atoms with Crippen LogP contribution >= 0.6 is 23.2 Å². The first-order valence-electron chi connectivity index (χ1n) is 3.53. The fourth-order valence-electron chi connectivity index (χ4n) is 0.649. The summed E-state index contributed by atoms with van der Waals surface area (Å²) < 4.78 is 39.0. The quantitative estimate of drug-likeness (QED) is 0.211. The van der Waals surface area contributed by atoms with Crippen LogP contribution in [0, 0.1) is 0 Å². The Labute approximate surface area is 92.9 Å². The van der Waals surface area contributed by atoms with Crippen LogP contribution in [0.4, 0.5) is 17.3 Å². The van der Waals surface area contributed by atoms with E-state index in [1.54, 1.807) is 18.2 Å². The van der Waals surface area contributed by atoms with E-state index >= 15 is 0 Å². The summed E-state index contributed by atoms with van der Waals surface area (Å²) in [6.45, 7) is 0. The van der Waals surface area contributed by atoms with Gasteiger partial charge in [0.2, 0.25) is 0 Å². The van der Waals surface area contributed by atoms with Gasteiger partial charge in [0, 0.05) is 0 Å². The maximum Gasteiger partial charge on any atom is 0.673 e. The van der Waals surface area contributed by atoms with Crippen LogP contribution in [0.15, 0.2) is 23.3 Å². The first-order chi connectivity index (χ1) is 6.75. The van der Waals surface area contributed by atoms with Crippen molar-refractivity contribution < 1.29 is 22.1 Å². The van der Waals surface area contributed by atoms with Gasteiger partial charge >= 0.3 is 13.0 Å². The minimum absolute atomic E-state index is 0.297. The van der Waals surface area contributed by atoms with Crippen molar-refractivity contribution in [3.8, 4) is 0 Å². The molecule has 0 amide bonds. The normalized spacial score (nSPS) is 20.0. The molecule has 0 saturated heterocycles. The molecule has 0 fully saturated rings. The van der Waals surface area contributed by atoms with Crippen molar-refractivity contribution in [3.05, 3.63) is 28.8 Å². The number of rotatable bonds is 0. The molecule has 1 rings (SSSR count). The molecule has 0 radical (unpaired) electrons. The average molecular weight is 262 g/mol. The van der Waals surface area contributed by atoms with Gasteiger partial charge in [-0.1, -0.05) is 23.8 Å². The number of alkyl halides is 1. The standard InChI is InChI=1S/C6H4Cl2N2.BF4/c7-4-2-1-3-5(8)6(4)10-9;2-1(3,4)5/h1-4H;/q;-1. The molecule has 0 aromatic carbocycles. The second-order valence-corrected chi connectivity index (χ2v) is 3.16. The lowest BCUT2D eigenvalue weighted by molar-refractivity contribution is -0.00551. The number of hydrogen-bond acceptors (Lipinski definition) is 0. The van der Waals surface area contributed by atoms with Gasteiger partial charge in [-0.2, -0.15) is 4.79 Å². The highest BCUT2D eigenvalue weighted by Crippen LogP contribution is 2.16. The molecule has 0 aromatic rings. The van der Waals surface area contributed by atoms with Gasteiger partial charge in [-0.05, 0) is 6.08 Å². The van der Waals surface area contributed by atoms with E-state index in [4.69, 9.17) is 28.7 Å². The molecule has 15 heavy (non-hydrogen) atoms. The van der Waals surface area contributed by atoms with E-state index in [1.165, 1.54) is 0 Å². The van der Waals surface area contributed by atoms with Crippen LogP contribution in [0.1, 0.15) is 0 Å². The zero-order valence-electron chi connectivity index (χ0n) is 7.05. The van der Waals surface area contributed by atoms with Crippen LogP contribution in [-0.4, -0.2) is 23.1 Å². The van der Waals surface area contributed by atoms with Gasteiger partial charge in [0.25, 0.3) is 0 Å². The number of allylic oxidation sites excluding steroid dienone is 4. The van der Waals surface area contributed by atoms with Gasteiger partial charge in [0.15, 0.2) is 5.38 Å². The molecule has 1 aliphatic carbocycles. The predicted octanol–water partition coefficient (Wildman–Crippen LogP) is 3.26. The molecule has 0 aromatic heterocycles. The second kappa shape index (κ2) is 5.95. The van der Waals surface area contributed by atoms with E-state index in [0.29, 0.717) is 10.7 Å². The third-order valence-electron chi connectivity index (χ3n) is 1.14. The van der Waals surface area contributed by atoms with Crippen molar-refractivity contribution >= 4 is 36.2 Å². The lowest BCUT2D eigenvalue weighted by Crippen LogP contribution is -2.15. The summed E-state index contributed by atoms with van der Waals surface area (Å²) in [5, 5.41) is -0.0347. The number of halogens is 6. The van der Waals surface area contributed by atoms with Crippen LogP contribution in [0.5, 0.6) is 0 Å². The van der Waals surface area contributed by atoms with Gasteiger partial charge in [-0.15, -0.1) is 11.6 Å². The molecular weight excluding hydrogens is 258 g/mol. The maximum atomic E-state index is 9.75. The Morgan fingerprint density at radius 2 is 1.80 bits per heavy atom.